The van der Waals surface area contributed by atoms with Crippen molar-refractivity contribution in [1.82, 2.24) is 9.29 Å². The largest absolute Gasteiger partial charge is 0.269 e. The average Bonchev–Trinajstić information content (AvgIpc) is 2.78. The van der Waals surface area contributed by atoms with Crippen LogP contribution in [0.5, 0.6) is 0 Å². The molecule has 1 aliphatic heterocycles. The zero-order valence-corrected chi connectivity index (χ0v) is 13.9. The second kappa shape index (κ2) is 5.29. The Hall–Kier alpha value is -2.44. The number of benzene rings is 2. The molecule has 120 valence electrons. The van der Waals surface area contributed by atoms with Gasteiger partial charge in [-0.05, 0) is 24.3 Å². The molecule has 0 N–H and O–H groups in total. The molecule has 24 heavy (non-hydrogen) atoms. The van der Waals surface area contributed by atoms with Crippen molar-refractivity contribution >= 4 is 38.4 Å². The van der Waals surface area contributed by atoms with Crippen LogP contribution in [0.4, 0.5) is 0 Å². The number of amides is 1. The minimum Gasteiger partial charge on any atom is -0.268 e. The third kappa shape index (κ3) is 2.11. The van der Waals surface area contributed by atoms with E-state index in [1.807, 2.05) is 12.1 Å². The van der Waals surface area contributed by atoms with Gasteiger partial charge in [0.25, 0.3) is 15.9 Å². The minimum absolute atomic E-state index is 0.0271. The number of hydrogen-bond donors (Lipinski definition) is 0. The van der Waals surface area contributed by atoms with Gasteiger partial charge in [0.1, 0.15) is 4.90 Å². The molecule has 0 aliphatic carbocycles. The number of aromatic nitrogens is 1. The molecule has 7 heteroatoms. The van der Waals surface area contributed by atoms with Crippen molar-refractivity contribution < 1.29 is 13.2 Å². The Morgan fingerprint density at radius 1 is 1.04 bits per heavy atom. The van der Waals surface area contributed by atoms with Crippen LogP contribution >= 0.6 is 11.6 Å². The second-order valence-electron chi connectivity index (χ2n) is 5.41. The molecule has 0 bridgehead atoms. The summed E-state index contributed by atoms with van der Waals surface area (Å²) >= 11 is 6.26. The summed E-state index contributed by atoms with van der Waals surface area (Å²) in [4.78, 5) is 16.9. The summed E-state index contributed by atoms with van der Waals surface area (Å²) in [7, 11) is -3.88. The molecule has 0 fully saturated rings. The van der Waals surface area contributed by atoms with Crippen LogP contribution in [0.15, 0.2) is 59.6 Å². The van der Waals surface area contributed by atoms with Gasteiger partial charge >= 0.3 is 0 Å². The van der Waals surface area contributed by atoms with Crippen molar-refractivity contribution in [2.45, 2.75) is 11.4 Å². The first kappa shape index (κ1) is 15.1. The van der Waals surface area contributed by atoms with Gasteiger partial charge in [0.2, 0.25) is 0 Å². The number of hydrogen-bond acceptors (Lipinski definition) is 4. The van der Waals surface area contributed by atoms with E-state index in [9.17, 15) is 13.2 Å². The molecule has 3 aromatic rings. The number of pyridine rings is 1. The predicted molar refractivity (Wildman–Crippen MR) is 90.3 cm³/mol. The van der Waals surface area contributed by atoms with Gasteiger partial charge in [0, 0.05) is 22.2 Å². The highest BCUT2D eigenvalue weighted by Gasteiger charge is 2.41. The molecule has 0 saturated heterocycles. The van der Waals surface area contributed by atoms with Crippen LogP contribution in [0.3, 0.4) is 0 Å². The topological polar surface area (TPSA) is 67.3 Å². The molecule has 0 radical (unpaired) electrons. The quantitative estimate of drug-likeness (QED) is 0.705. The molecule has 4 rings (SSSR count). The molecule has 1 aromatic heterocycles. The van der Waals surface area contributed by atoms with Gasteiger partial charge < -0.3 is 0 Å². The van der Waals surface area contributed by atoms with Crippen LogP contribution in [0.2, 0.25) is 5.02 Å². The molecule has 0 spiro atoms. The molecule has 5 nitrogen and oxygen atoms in total. The number of carbonyl (C=O) groups excluding carboxylic acids is 1. The van der Waals surface area contributed by atoms with E-state index in [2.05, 4.69) is 4.98 Å². The fourth-order valence-electron chi connectivity index (χ4n) is 2.86. The smallest absolute Gasteiger partial charge is 0.268 e. The van der Waals surface area contributed by atoms with E-state index in [-0.39, 0.29) is 17.0 Å². The molecular weight excluding hydrogens is 348 g/mol. The maximum absolute atomic E-state index is 12.7. The van der Waals surface area contributed by atoms with E-state index in [0.717, 1.165) is 9.69 Å². The maximum Gasteiger partial charge on any atom is 0.269 e. The zero-order chi connectivity index (χ0) is 16.9. The number of nitrogens with zero attached hydrogens (tertiary/aromatic N) is 2. The normalized spacial score (nSPS) is 15.7. The molecule has 0 atom stereocenters. The van der Waals surface area contributed by atoms with Gasteiger partial charge in [-0.25, -0.2) is 12.7 Å². The third-order valence-electron chi connectivity index (χ3n) is 4.04. The molecule has 2 aromatic carbocycles. The highest BCUT2D eigenvalue weighted by molar-refractivity contribution is 7.90. The molecular formula is C17H11ClN2O3S. The van der Waals surface area contributed by atoms with Gasteiger partial charge in [0.15, 0.2) is 0 Å². The summed E-state index contributed by atoms with van der Waals surface area (Å²) in [5.41, 5.74) is 1.28. The van der Waals surface area contributed by atoms with Crippen LogP contribution in [0.1, 0.15) is 15.9 Å². The van der Waals surface area contributed by atoms with Crippen molar-refractivity contribution in [1.29, 1.82) is 0 Å². The van der Waals surface area contributed by atoms with Gasteiger partial charge in [0.05, 0.1) is 17.6 Å². The second-order valence-corrected chi connectivity index (χ2v) is 7.65. The Morgan fingerprint density at radius 2 is 1.83 bits per heavy atom. The Kier molecular flexibility index (Phi) is 3.33. The van der Waals surface area contributed by atoms with Crippen LogP contribution in [0, 0.1) is 0 Å². The predicted octanol–water partition coefficient (Wildman–Crippen LogP) is 3.23. The summed E-state index contributed by atoms with van der Waals surface area (Å²) in [6.07, 6.45) is 1.61. The van der Waals surface area contributed by atoms with Crippen molar-refractivity contribution in [2.75, 3.05) is 0 Å². The lowest BCUT2D eigenvalue weighted by Crippen LogP contribution is -2.29. The number of fused-ring (bicyclic) bond motifs is 2. The number of carbonyl (C=O) groups is 1. The summed E-state index contributed by atoms with van der Waals surface area (Å²) in [5.74, 6) is -0.547. The van der Waals surface area contributed by atoms with Crippen LogP contribution in [-0.4, -0.2) is 23.6 Å². The van der Waals surface area contributed by atoms with Gasteiger partial charge in [-0.3, -0.25) is 9.78 Å². The summed E-state index contributed by atoms with van der Waals surface area (Å²) in [5, 5.41) is 1.21. The fourth-order valence-corrected chi connectivity index (χ4v) is 4.61. The molecule has 2 heterocycles. The Morgan fingerprint density at radius 3 is 2.62 bits per heavy atom. The SMILES string of the molecule is O=C1c2ccccc2S(=O)(=O)N1Cc1c(Cl)ccc2cccnc12. The highest BCUT2D eigenvalue weighted by Crippen LogP contribution is 2.34. The van der Waals surface area contributed by atoms with E-state index in [4.69, 9.17) is 11.6 Å². The Bertz CT molecular complexity index is 1100. The Balaban J connectivity index is 1.86. The first-order chi connectivity index (χ1) is 11.5. The van der Waals surface area contributed by atoms with E-state index in [1.54, 1.807) is 30.5 Å². The molecule has 0 saturated carbocycles. The van der Waals surface area contributed by atoms with Gasteiger partial charge in [-0.15, -0.1) is 0 Å². The first-order valence-corrected chi connectivity index (χ1v) is 9.00. The monoisotopic (exact) mass is 358 g/mol. The van der Waals surface area contributed by atoms with Gasteiger partial charge in [-0.1, -0.05) is 35.9 Å². The standard InChI is InChI=1S/C17H11ClN2O3S/c18-14-8-7-11-4-3-9-19-16(11)13(14)10-20-17(21)12-5-1-2-6-15(12)24(20,22)23/h1-9H,10H2. The summed E-state index contributed by atoms with van der Waals surface area (Å²) < 4.78 is 26.2. The fraction of sp³-hybridized carbons (Fsp3) is 0.0588. The Labute approximate surface area is 143 Å². The summed E-state index contributed by atoms with van der Waals surface area (Å²) in [6.45, 7) is -0.150. The molecule has 0 unspecified atom stereocenters. The van der Waals surface area contributed by atoms with Crippen molar-refractivity contribution in [3.8, 4) is 0 Å². The van der Waals surface area contributed by atoms with Crippen molar-refractivity contribution in [2.24, 2.45) is 0 Å². The van der Waals surface area contributed by atoms with Gasteiger partial charge in [-0.2, -0.15) is 0 Å². The maximum atomic E-state index is 12.7. The lowest BCUT2D eigenvalue weighted by molar-refractivity contribution is 0.0865. The lowest BCUT2D eigenvalue weighted by atomic mass is 10.1. The van der Waals surface area contributed by atoms with Crippen LogP contribution in [-0.2, 0) is 16.6 Å². The molecule has 1 amide bonds. The number of halogens is 1. The zero-order valence-electron chi connectivity index (χ0n) is 12.3. The van der Waals surface area contributed by atoms with Crippen molar-refractivity contribution in [3.63, 3.8) is 0 Å². The summed E-state index contributed by atoms with van der Waals surface area (Å²) in [6, 6.07) is 13.3. The van der Waals surface area contributed by atoms with Crippen LogP contribution in [0.25, 0.3) is 10.9 Å². The first-order valence-electron chi connectivity index (χ1n) is 7.18. The van der Waals surface area contributed by atoms with E-state index >= 15 is 0 Å². The van der Waals surface area contributed by atoms with Crippen LogP contribution < -0.4 is 0 Å². The minimum atomic E-state index is -3.88. The van der Waals surface area contributed by atoms with Crippen molar-refractivity contribution in [3.05, 3.63) is 70.9 Å². The van der Waals surface area contributed by atoms with E-state index in [0.29, 0.717) is 16.1 Å². The third-order valence-corrected chi connectivity index (χ3v) is 6.18. The molecule has 1 aliphatic rings. The highest BCUT2D eigenvalue weighted by atomic mass is 35.5. The number of sulfonamides is 1. The van der Waals surface area contributed by atoms with E-state index < -0.39 is 15.9 Å². The lowest BCUT2D eigenvalue weighted by Gasteiger charge is -2.17. The average molecular weight is 359 g/mol. The van der Waals surface area contributed by atoms with E-state index in [1.165, 1.54) is 12.1 Å². The number of rotatable bonds is 2.